The van der Waals surface area contributed by atoms with E-state index < -0.39 is 65.8 Å². The molecule has 6 N–H and O–H groups in total. The molecule has 6 atom stereocenters. The molecule has 1 aromatic heterocycles. The zero-order valence-electron chi connectivity index (χ0n) is 29.0. The molecule has 15 heteroatoms. The number of aromatic nitrogens is 2. The van der Waals surface area contributed by atoms with Crippen molar-refractivity contribution < 1.29 is 33.9 Å². The smallest absolute Gasteiger partial charge is 0.255 e. The van der Waals surface area contributed by atoms with Crippen LogP contribution in [0.15, 0.2) is 36.7 Å². The van der Waals surface area contributed by atoms with E-state index in [-0.39, 0.29) is 37.3 Å². The van der Waals surface area contributed by atoms with E-state index in [9.17, 15) is 33.9 Å². The molecular formula is C35H48N8O7. The van der Waals surface area contributed by atoms with Crippen LogP contribution in [0.1, 0.15) is 79.7 Å². The zero-order valence-corrected chi connectivity index (χ0v) is 29.0. The lowest BCUT2D eigenvalue weighted by Gasteiger charge is -2.30. The van der Waals surface area contributed by atoms with Crippen molar-refractivity contribution in [2.45, 2.75) is 109 Å². The van der Waals surface area contributed by atoms with Gasteiger partial charge < -0.3 is 36.6 Å². The Morgan fingerprint density at radius 2 is 1.58 bits per heavy atom. The minimum atomic E-state index is -1.47. The quantitative estimate of drug-likeness (QED) is 0.240. The number of aliphatic hydroxyl groups excluding tert-OH is 1. The fourth-order valence-corrected chi connectivity index (χ4v) is 6.32. The first kappa shape index (κ1) is 37.9. The predicted octanol–water partition coefficient (Wildman–Crippen LogP) is -0.0292. The molecule has 1 aromatic carbocycles. The predicted molar refractivity (Wildman–Crippen MR) is 182 cm³/mol. The summed E-state index contributed by atoms with van der Waals surface area (Å²) >= 11 is 0. The van der Waals surface area contributed by atoms with Crippen LogP contribution < -0.4 is 26.6 Å². The van der Waals surface area contributed by atoms with E-state index in [1.807, 2.05) is 30.3 Å². The fourth-order valence-electron chi connectivity index (χ4n) is 6.32. The van der Waals surface area contributed by atoms with Gasteiger partial charge in [-0.2, -0.15) is 0 Å². The topological polar surface area (TPSA) is 212 Å². The third kappa shape index (κ3) is 9.61. The van der Waals surface area contributed by atoms with E-state index >= 15 is 0 Å². The summed E-state index contributed by atoms with van der Waals surface area (Å²) in [6.45, 7) is 6.92. The van der Waals surface area contributed by atoms with Crippen molar-refractivity contribution in [1.82, 2.24) is 41.5 Å². The van der Waals surface area contributed by atoms with Gasteiger partial charge in [0.15, 0.2) is 0 Å². The molecule has 2 aliphatic heterocycles. The van der Waals surface area contributed by atoms with Crippen LogP contribution >= 0.6 is 0 Å². The zero-order chi connectivity index (χ0) is 36.4. The second-order valence-corrected chi connectivity index (χ2v) is 12.9. The minimum Gasteiger partial charge on any atom is -0.391 e. The minimum absolute atomic E-state index is 0.117. The van der Waals surface area contributed by atoms with Crippen molar-refractivity contribution in [2.75, 3.05) is 13.1 Å². The lowest BCUT2D eigenvalue weighted by Crippen LogP contribution is -2.61. The Labute approximate surface area is 291 Å². The van der Waals surface area contributed by atoms with Crippen LogP contribution in [0.25, 0.3) is 0 Å². The largest absolute Gasteiger partial charge is 0.391 e. The first-order chi connectivity index (χ1) is 23.9. The Hall–Kier alpha value is -4.92. The van der Waals surface area contributed by atoms with Gasteiger partial charge in [-0.1, -0.05) is 37.3 Å². The average Bonchev–Trinajstić information content (AvgIpc) is 3.58. The summed E-state index contributed by atoms with van der Waals surface area (Å²) in [5, 5.41) is 24.2. The Morgan fingerprint density at radius 3 is 2.24 bits per heavy atom. The highest BCUT2D eigenvalue weighted by Crippen LogP contribution is 2.20. The van der Waals surface area contributed by atoms with Crippen LogP contribution in [0.4, 0.5) is 0 Å². The molecule has 0 radical (unpaired) electrons. The van der Waals surface area contributed by atoms with Crippen LogP contribution in [-0.2, 0) is 30.4 Å². The lowest BCUT2D eigenvalue weighted by molar-refractivity contribution is -0.142. The summed E-state index contributed by atoms with van der Waals surface area (Å²) < 4.78 is 0. The van der Waals surface area contributed by atoms with Crippen LogP contribution in [-0.4, -0.2) is 105 Å². The monoisotopic (exact) mass is 692 g/mol. The van der Waals surface area contributed by atoms with E-state index in [1.165, 1.54) is 18.2 Å². The number of carbonyl (C=O) groups excluding carboxylic acids is 6. The van der Waals surface area contributed by atoms with Crippen LogP contribution in [0.3, 0.4) is 0 Å². The van der Waals surface area contributed by atoms with Gasteiger partial charge in [0.1, 0.15) is 36.5 Å². The molecule has 6 amide bonds. The number of nitrogens with one attached hydrogen (secondary N) is 5. The van der Waals surface area contributed by atoms with Gasteiger partial charge in [0.2, 0.25) is 29.5 Å². The molecule has 3 heterocycles. The van der Waals surface area contributed by atoms with Gasteiger partial charge in [-0.05, 0) is 64.9 Å². The summed E-state index contributed by atoms with van der Waals surface area (Å²) in [5.74, 6) is -3.47. The number of amides is 6. The fraction of sp³-hybridized carbons (Fsp3) is 0.543. The van der Waals surface area contributed by atoms with Gasteiger partial charge in [0.05, 0.1) is 23.1 Å². The first-order valence-corrected chi connectivity index (χ1v) is 17.2. The standard InChI is InChI=1S/C35H48N8O7/c1-5-24-30(45)42-29(22(4)44)34(49)41-26(18-23-12-7-6-8-13-23)35(50)43-17-11-15-27(43)32(47)36-16-10-9-14-25(31(46)39-24)40-33(48)28-20(2)37-19-38-21(28)3/h6-8,12-13,19,22,24-27,29,44H,5,9-11,14-18H2,1-4H3,(H,36,47)(H,39,46)(H,40,48)(H,41,49)(H,42,45)/t22-,24+,25+,26-,27+,29+/m1/s1. The number of hydrogen-bond acceptors (Lipinski definition) is 9. The van der Waals surface area contributed by atoms with Crippen molar-refractivity contribution in [3.05, 3.63) is 59.2 Å². The van der Waals surface area contributed by atoms with Crippen molar-refractivity contribution >= 4 is 35.4 Å². The van der Waals surface area contributed by atoms with Crippen molar-refractivity contribution in [2.24, 2.45) is 0 Å². The lowest BCUT2D eigenvalue weighted by atomic mass is 10.0. The van der Waals surface area contributed by atoms with Crippen LogP contribution in [0, 0.1) is 13.8 Å². The number of aryl methyl sites for hydroxylation is 2. The number of hydrogen-bond donors (Lipinski definition) is 6. The Bertz CT molecular complexity index is 1530. The third-order valence-corrected chi connectivity index (χ3v) is 9.13. The molecule has 0 aliphatic carbocycles. The van der Waals surface area contributed by atoms with E-state index in [0.717, 1.165) is 5.56 Å². The summed E-state index contributed by atoms with van der Waals surface area (Å²) in [6.07, 6.45) is 2.36. The molecule has 50 heavy (non-hydrogen) atoms. The Balaban J connectivity index is 1.62. The highest BCUT2D eigenvalue weighted by Gasteiger charge is 2.39. The SMILES string of the molecule is CC[C@@H]1NC(=O)[C@@H](NC(=O)c2c(C)ncnc2C)CCCCNC(=O)[C@@H]2CCCN2C(=O)[C@@H](Cc2ccccc2)NC(=O)[C@H]([C@@H](C)O)NC1=O. The second kappa shape index (κ2) is 17.7. The normalized spacial score (nSPS) is 25.1. The average molecular weight is 693 g/mol. The van der Waals surface area contributed by atoms with E-state index in [0.29, 0.717) is 43.6 Å². The molecule has 0 saturated carbocycles. The molecule has 0 spiro atoms. The summed E-state index contributed by atoms with van der Waals surface area (Å²) in [6, 6.07) is 3.60. The molecule has 15 nitrogen and oxygen atoms in total. The van der Waals surface area contributed by atoms with Gasteiger partial charge in [-0.25, -0.2) is 9.97 Å². The molecule has 0 bridgehead atoms. The van der Waals surface area contributed by atoms with Crippen LogP contribution in [0.5, 0.6) is 0 Å². The van der Waals surface area contributed by atoms with E-state index in [2.05, 4.69) is 36.6 Å². The van der Waals surface area contributed by atoms with Crippen molar-refractivity contribution in [3.63, 3.8) is 0 Å². The van der Waals surface area contributed by atoms with Gasteiger partial charge in [0, 0.05) is 19.5 Å². The van der Waals surface area contributed by atoms with E-state index in [4.69, 9.17) is 0 Å². The highest BCUT2D eigenvalue weighted by atomic mass is 16.3. The number of benzene rings is 1. The molecule has 4 rings (SSSR count). The maximum absolute atomic E-state index is 14.0. The third-order valence-electron chi connectivity index (χ3n) is 9.13. The van der Waals surface area contributed by atoms with Crippen molar-refractivity contribution in [3.8, 4) is 0 Å². The molecule has 2 aliphatic rings. The Morgan fingerprint density at radius 1 is 0.900 bits per heavy atom. The second-order valence-electron chi connectivity index (χ2n) is 12.9. The highest BCUT2D eigenvalue weighted by molar-refractivity contribution is 6.00. The van der Waals surface area contributed by atoms with E-state index in [1.54, 1.807) is 20.8 Å². The number of carbonyl (C=O) groups is 6. The van der Waals surface area contributed by atoms with Crippen molar-refractivity contribution in [1.29, 1.82) is 0 Å². The van der Waals surface area contributed by atoms with Gasteiger partial charge in [-0.3, -0.25) is 28.8 Å². The van der Waals surface area contributed by atoms with Gasteiger partial charge >= 0.3 is 0 Å². The molecule has 0 unspecified atom stereocenters. The first-order valence-electron chi connectivity index (χ1n) is 17.2. The molecule has 2 aromatic rings. The molecule has 270 valence electrons. The maximum atomic E-state index is 14.0. The number of rotatable bonds is 6. The van der Waals surface area contributed by atoms with Crippen LogP contribution in [0.2, 0.25) is 0 Å². The van der Waals surface area contributed by atoms with Gasteiger partial charge in [-0.15, -0.1) is 0 Å². The summed E-state index contributed by atoms with van der Waals surface area (Å²) in [4.78, 5) is 91.2. The summed E-state index contributed by atoms with van der Waals surface area (Å²) in [5.41, 5.74) is 1.88. The number of aliphatic hydroxyl groups is 1. The number of nitrogens with zero attached hydrogens (tertiary/aromatic N) is 3. The molecular weight excluding hydrogens is 644 g/mol. The maximum Gasteiger partial charge on any atom is 0.255 e. The van der Waals surface area contributed by atoms with Gasteiger partial charge in [0.25, 0.3) is 5.91 Å². The molecule has 2 saturated heterocycles. The summed E-state index contributed by atoms with van der Waals surface area (Å²) in [7, 11) is 0. The molecule has 2 fully saturated rings. The Kier molecular flexibility index (Phi) is 13.4. The number of fused-ring (bicyclic) bond motifs is 1.